The van der Waals surface area contributed by atoms with Crippen LogP contribution in [0.5, 0.6) is 0 Å². The van der Waals surface area contributed by atoms with Crippen LogP contribution in [0, 0.1) is 11.7 Å². The van der Waals surface area contributed by atoms with E-state index in [4.69, 9.17) is 0 Å². The van der Waals surface area contributed by atoms with Crippen LogP contribution in [0.3, 0.4) is 0 Å². The second kappa shape index (κ2) is 10.9. The zero-order valence-corrected chi connectivity index (χ0v) is 22.8. The highest BCUT2D eigenvalue weighted by atomic mass is 19.1. The minimum Gasteiger partial charge on any atom is -0.334 e. The van der Waals surface area contributed by atoms with Gasteiger partial charge in [-0.05, 0) is 76.4 Å². The van der Waals surface area contributed by atoms with E-state index >= 15 is 0 Å². The molecule has 6 heteroatoms. The van der Waals surface area contributed by atoms with Crippen LogP contribution >= 0.6 is 0 Å². The van der Waals surface area contributed by atoms with Gasteiger partial charge >= 0.3 is 0 Å². The Morgan fingerprint density at radius 2 is 1.81 bits per heavy atom. The van der Waals surface area contributed by atoms with E-state index in [2.05, 4.69) is 22.1 Å². The van der Waals surface area contributed by atoms with Gasteiger partial charge in [0.15, 0.2) is 0 Å². The fourth-order valence-electron chi connectivity index (χ4n) is 6.51. The Morgan fingerprint density at radius 3 is 2.51 bits per heavy atom. The third-order valence-corrected chi connectivity index (χ3v) is 8.41. The van der Waals surface area contributed by atoms with Gasteiger partial charge in [-0.3, -0.25) is 9.78 Å². The van der Waals surface area contributed by atoms with Crippen molar-refractivity contribution in [3.8, 4) is 5.69 Å². The quantitative estimate of drug-likeness (QED) is 0.339. The number of carbonyl (C=O) groups excluding carboxylic acids is 1. The van der Waals surface area contributed by atoms with Gasteiger partial charge in [-0.25, -0.2) is 4.39 Å². The lowest BCUT2D eigenvalue weighted by Gasteiger charge is -2.40. The highest BCUT2D eigenvalue weighted by Crippen LogP contribution is 2.36. The number of hydrogen-bond donors (Lipinski definition) is 0. The minimum absolute atomic E-state index is 0.0109. The zero-order chi connectivity index (χ0) is 26.1. The van der Waals surface area contributed by atoms with E-state index in [1.54, 1.807) is 6.07 Å². The first-order valence-electron chi connectivity index (χ1n) is 14.1. The van der Waals surface area contributed by atoms with Crippen LogP contribution in [0.15, 0.2) is 42.9 Å². The third kappa shape index (κ3) is 5.31. The topological polar surface area (TPSA) is 41.4 Å². The number of fused-ring (bicyclic) bond motifs is 1. The van der Waals surface area contributed by atoms with Crippen molar-refractivity contribution in [2.75, 3.05) is 19.6 Å². The van der Waals surface area contributed by atoms with Crippen LogP contribution in [0.1, 0.15) is 88.1 Å². The summed E-state index contributed by atoms with van der Waals surface area (Å²) in [6.07, 6.45) is 14.2. The monoisotopic (exact) mass is 504 g/mol. The molecule has 0 N–H and O–H groups in total. The summed E-state index contributed by atoms with van der Waals surface area (Å²) in [5, 5.41) is 1.17. The lowest BCUT2D eigenvalue weighted by molar-refractivity contribution is 0.0643. The van der Waals surface area contributed by atoms with Crippen molar-refractivity contribution < 1.29 is 9.18 Å². The molecule has 3 heterocycles. The number of hydrogen-bond acceptors (Lipinski definition) is 3. The van der Waals surface area contributed by atoms with E-state index in [-0.39, 0.29) is 18.0 Å². The van der Waals surface area contributed by atoms with Crippen LogP contribution in [-0.2, 0) is 0 Å². The first-order chi connectivity index (χ1) is 17.8. The highest BCUT2D eigenvalue weighted by Gasteiger charge is 2.32. The molecule has 198 valence electrons. The maximum atomic E-state index is 14.5. The summed E-state index contributed by atoms with van der Waals surface area (Å²) in [4.78, 5) is 22.5. The fourth-order valence-corrected chi connectivity index (χ4v) is 6.51. The third-order valence-electron chi connectivity index (χ3n) is 8.41. The Bertz CT molecular complexity index is 1230. The first kappa shape index (κ1) is 25.9. The molecule has 3 aromatic rings. The normalized spacial score (nSPS) is 17.6. The Kier molecular flexibility index (Phi) is 7.66. The van der Waals surface area contributed by atoms with Crippen molar-refractivity contribution >= 4 is 16.8 Å². The van der Waals surface area contributed by atoms with Crippen molar-refractivity contribution in [3.05, 3.63) is 59.8 Å². The van der Waals surface area contributed by atoms with Gasteiger partial charge in [-0.15, -0.1) is 0 Å². The molecule has 1 aliphatic carbocycles. The molecule has 37 heavy (non-hydrogen) atoms. The summed E-state index contributed by atoms with van der Waals surface area (Å²) in [5.41, 5.74) is 3.34. The number of amides is 1. The summed E-state index contributed by atoms with van der Waals surface area (Å²) >= 11 is 0. The van der Waals surface area contributed by atoms with Gasteiger partial charge in [0.25, 0.3) is 5.91 Å². The van der Waals surface area contributed by atoms with Gasteiger partial charge in [0.2, 0.25) is 0 Å². The Labute approximate surface area is 220 Å². The largest absolute Gasteiger partial charge is 0.334 e. The molecular weight excluding hydrogens is 463 g/mol. The van der Waals surface area contributed by atoms with Gasteiger partial charge < -0.3 is 14.4 Å². The number of pyridine rings is 1. The first-order valence-corrected chi connectivity index (χ1v) is 14.1. The van der Waals surface area contributed by atoms with Crippen molar-refractivity contribution in [3.63, 3.8) is 0 Å². The van der Waals surface area contributed by atoms with Gasteiger partial charge in [0, 0.05) is 48.9 Å². The number of nitrogens with zero attached hydrogens (tertiary/aromatic N) is 4. The van der Waals surface area contributed by atoms with Gasteiger partial charge in [0.1, 0.15) is 5.82 Å². The number of likely N-dealkylation sites (tertiary alicyclic amines) is 1. The fraction of sp³-hybridized carbons (Fsp3) is 0.548. The highest BCUT2D eigenvalue weighted by molar-refractivity contribution is 5.99. The Morgan fingerprint density at radius 1 is 1.08 bits per heavy atom. The predicted octanol–water partition coefficient (Wildman–Crippen LogP) is 6.79. The number of aromatic nitrogens is 2. The second-order valence-electron chi connectivity index (χ2n) is 11.7. The molecule has 2 aromatic heterocycles. The van der Waals surface area contributed by atoms with Crippen molar-refractivity contribution in [2.45, 2.75) is 84.2 Å². The van der Waals surface area contributed by atoms with E-state index in [1.807, 2.05) is 49.6 Å². The molecule has 0 atom stereocenters. The van der Waals surface area contributed by atoms with Crippen LogP contribution in [-0.4, -0.2) is 57.0 Å². The predicted molar refractivity (Wildman–Crippen MR) is 148 cm³/mol. The van der Waals surface area contributed by atoms with Crippen LogP contribution in [0.25, 0.3) is 16.6 Å². The van der Waals surface area contributed by atoms with Gasteiger partial charge in [-0.1, -0.05) is 32.1 Å². The SMILES string of the molecule is CC(C)N(C(=O)c1cc(F)ccc1-n1cc(C2CN(CCC3CCCCC3)C2)c2ccncc21)C(C)C. The lowest BCUT2D eigenvalue weighted by atomic mass is 9.85. The molecule has 2 fully saturated rings. The van der Waals surface area contributed by atoms with E-state index in [0.29, 0.717) is 17.2 Å². The van der Waals surface area contributed by atoms with E-state index < -0.39 is 5.82 Å². The molecule has 1 aromatic carbocycles. The number of benzene rings is 1. The molecule has 1 aliphatic heterocycles. The van der Waals surface area contributed by atoms with E-state index in [9.17, 15) is 9.18 Å². The van der Waals surface area contributed by atoms with Crippen molar-refractivity contribution in [1.82, 2.24) is 19.4 Å². The summed E-state index contributed by atoms with van der Waals surface area (Å²) < 4.78 is 16.5. The molecule has 1 saturated carbocycles. The van der Waals surface area contributed by atoms with Crippen molar-refractivity contribution in [1.29, 1.82) is 0 Å². The van der Waals surface area contributed by atoms with Crippen LogP contribution in [0.2, 0.25) is 0 Å². The summed E-state index contributed by atoms with van der Waals surface area (Å²) in [5.74, 6) is 0.817. The molecule has 5 nitrogen and oxygen atoms in total. The van der Waals surface area contributed by atoms with Crippen LogP contribution < -0.4 is 0 Å². The molecule has 2 aliphatic rings. The number of rotatable bonds is 8. The molecule has 0 bridgehead atoms. The molecule has 1 saturated heterocycles. The van der Waals surface area contributed by atoms with E-state index in [0.717, 1.165) is 24.5 Å². The zero-order valence-electron chi connectivity index (χ0n) is 22.8. The smallest absolute Gasteiger partial charge is 0.256 e. The summed E-state index contributed by atoms with van der Waals surface area (Å²) in [6, 6.07) is 6.65. The average Bonchev–Trinajstić information content (AvgIpc) is 3.22. The maximum absolute atomic E-state index is 14.5. The molecule has 0 unspecified atom stereocenters. The maximum Gasteiger partial charge on any atom is 0.256 e. The molecule has 0 radical (unpaired) electrons. The average molecular weight is 505 g/mol. The Hall–Kier alpha value is -2.73. The van der Waals surface area contributed by atoms with Crippen molar-refractivity contribution in [2.24, 2.45) is 5.92 Å². The number of carbonyl (C=O) groups is 1. The Balaban J connectivity index is 1.42. The lowest BCUT2D eigenvalue weighted by Crippen LogP contribution is -2.45. The van der Waals surface area contributed by atoms with Crippen LogP contribution in [0.4, 0.5) is 4.39 Å². The molecule has 5 rings (SSSR count). The molecule has 0 spiro atoms. The standard InChI is InChI=1S/C31H41FN4O/c1-21(2)36(22(3)4)31(37)27-16-25(32)10-11-29(27)35-20-28(26-12-14-33-17-30(26)35)24-18-34(19-24)15-13-23-8-6-5-7-9-23/h10-12,14,16-17,20-24H,5-9,13,15,18-19H2,1-4H3. The number of halogens is 1. The summed E-state index contributed by atoms with van der Waals surface area (Å²) in [7, 11) is 0. The van der Waals surface area contributed by atoms with Gasteiger partial charge in [0.05, 0.1) is 23.0 Å². The summed E-state index contributed by atoms with van der Waals surface area (Å²) in [6.45, 7) is 11.3. The minimum atomic E-state index is -0.401. The second-order valence-corrected chi connectivity index (χ2v) is 11.7. The molecule has 1 amide bonds. The molecular formula is C31H41FN4O. The van der Waals surface area contributed by atoms with Gasteiger partial charge in [-0.2, -0.15) is 0 Å². The van der Waals surface area contributed by atoms with E-state index in [1.165, 1.54) is 68.2 Å².